The Bertz CT molecular complexity index is 718. The molecular formula is C27H43NO4. The quantitative estimate of drug-likeness (QED) is 0.340. The molecule has 5 aliphatic rings. The van der Waals surface area contributed by atoms with Crippen LogP contribution in [0.15, 0.2) is 5.18 Å². The number of carbonyl (C=O) groups excluding carboxylic acids is 1. The largest absolute Gasteiger partial charge is 0.348 e. The van der Waals surface area contributed by atoms with Crippen molar-refractivity contribution in [2.24, 2.45) is 45.6 Å². The molecule has 1 amide bonds. The second-order valence-electron chi connectivity index (χ2n) is 12.4. The minimum atomic E-state index is -0.486. The predicted octanol–water partition coefficient (Wildman–Crippen LogP) is 6.63. The van der Waals surface area contributed by atoms with Crippen molar-refractivity contribution in [3.05, 3.63) is 4.91 Å². The van der Waals surface area contributed by atoms with E-state index in [1.807, 2.05) is 0 Å². The van der Waals surface area contributed by atoms with Crippen molar-refractivity contribution in [1.82, 2.24) is 0 Å². The molecule has 0 bridgehead atoms. The molecular weight excluding hydrogens is 402 g/mol. The van der Waals surface area contributed by atoms with Gasteiger partial charge >= 0.3 is 0 Å². The maximum atomic E-state index is 11.1. The number of hydrogen-bond acceptors (Lipinski definition) is 4. The molecule has 1 saturated heterocycles. The molecule has 7 atom stereocenters. The van der Waals surface area contributed by atoms with E-state index in [0.29, 0.717) is 17.3 Å². The summed E-state index contributed by atoms with van der Waals surface area (Å²) in [4.78, 5) is 21.4. The number of nitrogens with zero attached hydrogens (tertiary/aromatic N) is 1. The second-order valence-corrected chi connectivity index (χ2v) is 12.4. The van der Waals surface area contributed by atoms with Gasteiger partial charge < -0.3 is 9.47 Å². The van der Waals surface area contributed by atoms with Crippen LogP contribution in [0.5, 0.6) is 0 Å². The number of fused-ring (bicyclic) bond motifs is 5. The van der Waals surface area contributed by atoms with Crippen LogP contribution in [-0.2, 0) is 14.3 Å². The van der Waals surface area contributed by atoms with Crippen molar-refractivity contribution in [2.45, 2.75) is 110 Å². The van der Waals surface area contributed by atoms with E-state index < -0.39 is 5.91 Å². The molecule has 5 rings (SSSR count). The summed E-state index contributed by atoms with van der Waals surface area (Å²) in [6.45, 7) is 6.81. The SMILES string of the molecule is CC12CCC3C(CCC4CC5(CCC43C)OCCO5)C1CCC2CCCCCC(=O)N=O. The third-order valence-electron chi connectivity index (χ3n) is 11.2. The van der Waals surface area contributed by atoms with Crippen LogP contribution in [-0.4, -0.2) is 24.9 Å². The van der Waals surface area contributed by atoms with Crippen LogP contribution in [0.25, 0.3) is 0 Å². The fourth-order valence-electron chi connectivity index (χ4n) is 9.43. The second kappa shape index (κ2) is 8.76. The average Bonchev–Trinajstić information content (AvgIpc) is 3.38. The molecule has 5 fully saturated rings. The zero-order valence-electron chi connectivity index (χ0n) is 20.3. The van der Waals surface area contributed by atoms with Gasteiger partial charge in [-0.15, -0.1) is 4.91 Å². The number of amides is 1. The predicted molar refractivity (Wildman–Crippen MR) is 124 cm³/mol. The summed E-state index contributed by atoms with van der Waals surface area (Å²) in [6, 6.07) is 0. The molecule has 32 heavy (non-hydrogen) atoms. The van der Waals surface area contributed by atoms with Crippen molar-refractivity contribution in [3.8, 4) is 0 Å². The number of rotatable bonds is 6. The Hall–Kier alpha value is -0.810. The Morgan fingerprint density at radius 3 is 2.44 bits per heavy atom. The monoisotopic (exact) mass is 445 g/mol. The van der Waals surface area contributed by atoms with Gasteiger partial charge in [-0.1, -0.05) is 26.7 Å². The first-order chi connectivity index (χ1) is 15.4. The van der Waals surface area contributed by atoms with Crippen LogP contribution >= 0.6 is 0 Å². The van der Waals surface area contributed by atoms with E-state index in [1.54, 1.807) is 0 Å². The highest BCUT2D eigenvalue weighted by Gasteiger charge is 2.61. The van der Waals surface area contributed by atoms with Crippen LogP contribution in [0.4, 0.5) is 0 Å². The molecule has 1 heterocycles. The maximum Gasteiger partial charge on any atom is 0.286 e. The Labute approximate surface area is 193 Å². The van der Waals surface area contributed by atoms with Crippen LogP contribution in [0.2, 0.25) is 0 Å². The zero-order chi connectivity index (χ0) is 22.4. The van der Waals surface area contributed by atoms with E-state index in [2.05, 4.69) is 19.0 Å². The molecule has 0 N–H and O–H groups in total. The third kappa shape index (κ3) is 3.79. The lowest BCUT2D eigenvalue weighted by Gasteiger charge is -2.62. The molecule has 5 nitrogen and oxygen atoms in total. The Balaban J connectivity index is 1.20. The van der Waals surface area contributed by atoms with Crippen LogP contribution in [0, 0.1) is 45.3 Å². The molecule has 7 unspecified atom stereocenters. The third-order valence-corrected chi connectivity index (χ3v) is 11.2. The van der Waals surface area contributed by atoms with Crippen molar-refractivity contribution in [2.75, 3.05) is 13.2 Å². The molecule has 0 aromatic carbocycles. The maximum absolute atomic E-state index is 11.1. The van der Waals surface area contributed by atoms with E-state index in [-0.39, 0.29) is 5.79 Å². The molecule has 4 saturated carbocycles. The standard InChI is InChI=1S/C27H43NO4/c1-25-13-12-23-21(22(25)11-9-19(25)6-4-3-5-7-24(29)28-30)10-8-20-18-27(31-16-17-32-27)15-14-26(20,23)2/h19-23H,3-18H2,1-2H3. The van der Waals surface area contributed by atoms with Crippen molar-refractivity contribution < 1.29 is 14.3 Å². The first-order valence-corrected chi connectivity index (χ1v) is 13.5. The minimum absolute atomic E-state index is 0.245. The van der Waals surface area contributed by atoms with Gasteiger partial charge in [0.25, 0.3) is 5.91 Å². The van der Waals surface area contributed by atoms with Gasteiger partial charge in [-0.2, -0.15) is 0 Å². The van der Waals surface area contributed by atoms with E-state index >= 15 is 0 Å². The highest BCUT2D eigenvalue weighted by molar-refractivity contribution is 5.76. The first kappa shape index (κ1) is 23.0. The van der Waals surface area contributed by atoms with Gasteiger partial charge in [-0.3, -0.25) is 4.79 Å². The fourth-order valence-corrected chi connectivity index (χ4v) is 9.43. The molecule has 1 aliphatic heterocycles. The number of nitroso groups, excluding NO2 is 1. The molecule has 180 valence electrons. The Kier molecular flexibility index (Phi) is 6.28. The first-order valence-electron chi connectivity index (χ1n) is 13.5. The van der Waals surface area contributed by atoms with Gasteiger partial charge in [0.2, 0.25) is 0 Å². The highest BCUT2D eigenvalue weighted by atomic mass is 16.7. The van der Waals surface area contributed by atoms with E-state index in [0.717, 1.165) is 68.5 Å². The van der Waals surface area contributed by atoms with Gasteiger partial charge in [0, 0.05) is 24.4 Å². The summed E-state index contributed by atoms with van der Waals surface area (Å²) in [5.74, 6) is 3.58. The molecule has 0 aromatic rings. The van der Waals surface area contributed by atoms with Gasteiger partial charge in [0.15, 0.2) is 5.79 Å². The molecule has 0 radical (unpaired) electrons. The normalized spacial score (nSPS) is 44.6. The van der Waals surface area contributed by atoms with Gasteiger partial charge in [-0.25, -0.2) is 0 Å². The molecule has 4 aliphatic carbocycles. The van der Waals surface area contributed by atoms with E-state index in [1.165, 1.54) is 57.8 Å². The topological polar surface area (TPSA) is 65.0 Å². The number of hydrogen-bond donors (Lipinski definition) is 0. The molecule has 1 spiro atoms. The summed E-state index contributed by atoms with van der Waals surface area (Å²) in [6.07, 6.45) is 16.6. The highest BCUT2D eigenvalue weighted by Crippen LogP contribution is 2.68. The van der Waals surface area contributed by atoms with Crippen LogP contribution in [0.3, 0.4) is 0 Å². The van der Waals surface area contributed by atoms with Gasteiger partial charge in [0.05, 0.1) is 13.2 Å². The molecule has 0 aromatic heterocycles. The summed E-state index contributed by atoms with van der Waals surface area (Å²) in [7, 11) is 0. The summed E-state index contributed by atoms with van der Waals surface area (Å²) in [5, 5.41) is 2.52. The smallest absolute Gasteiger partial charge is 0.286 e. The lowest BCUT2D eigenvalue weighted by molar-refractivity contribution is -0.229. The van der Waals surface area contributed by atoms with E-state index in [4.69, 9.17) is 9.47 Å². The summed E-state index contributed by atoms with van der Waals surface area (Å²) in [5.41, 5.74) is 0.986. The zero-order valence-corrected chi connectivity index (χ0v) is 20.3. The lowest BCUT2D eigenvalue weighted by Crippen LogP contribution is -2.56. The number of ether oxygens (including phenoxy) is 2. The van der Waals surface area contributed by atoms with E-state index in [9.17, 15) is 9.70 Å². The number of unbranched alkanes of at least 4 members (excludes halogenated alkanes) is 2. The van der Waals surface area contributed by atoms with Crippen LogP contribution in [0.1, 0.15) is 104 Å². The lowest BCUT2D eigenvalue weighted by atomic mass is 9.44. The van der Waals surface area contributed by atoms with Crippen LogP contribution < -0.4 is 0 Å². The van der Waals surface area contributed by atoms with Crippen molar-refractivity contribution in [3.63, 3.8) is 0 Å². The fraction of sp³-hybridized carbons (Fsp3) is 0.963. The van der Waals surface area contributed by atoms with Crippen molar-refractivity contribution >= 4 is 5.91 Å². The Morgan fingerprint density at radius 1 is 0.875 bits per heavy atom. The van der Waals surface area contributed by atoms with Gasteiger partial charge in [0.1, 0.15) is 0 Å². The number of carbonyl (C=O) groups is 1. The van der Waals surface area contributed by atoms with Crippen molar-refractivity contribution in [1.29, 1.82) is 0 Å². The Morgan fingerprint density at radius 2 is 1.66 bits per heavy atom. The van der Waals surface area contributed by atoms with Gasteiger partial charge in [-0.05, 0) is 98.2 Å². The summed E-state index contributed by atoms with van der Waals surface area (Å²) >= 11 is 0. The average molecular weight is 446 g/mol. The minimum Gasteiger partial charge on any atom is -0.348 e. The molecule has 5 heteroatoms. The summed E-state index contributed by atoms with van der Waals surface area (Å²) < 4.78 is 12.2.